The molecule has 1 fully saturated rings. The number of aromatic hydroxyl groups is 1. The van der Waals surface area contributed by atoms with Gasteiger partial charge in [0.15, 0.2) is 5.60 Å². The van der Waals surface area contributed by atoms with Crippen LogP contribution in [0.15, 0.2) is 35.1 Å². The van der Waals surface area contributed by atoms with Crippen molar-refractivity contribution < 1.29 is 30.0 Å². The second-order valence-corrected chi connectivity index (χ2v) is 8.32. The number of likely N-dealkylation sites (N-methyl/N-ethyl adjacent to an activating group) is 1. The maximum Gasteiger partial charge on any atom is 0.254 e. The molecule has 158 valence electrons. The molecule has 9 nitrogen and oxygen atoms in total. The number of nitrogens with zero attached hydrogens (tertiary/aromatic N) is 1. The first-order chi connectivity index (χ1) is 14.0. The molecule has 0 bridgehead atoms. The van der Waals surface area contributed by atoms with Gasteiger partial charge >= 0.3 is 0 Å². The highest BCUT2D eigenvalue weighted by molar-refractivity contribution is 6.33. The zero-order valence-corrected chi connectivity index (χ0v) is 16.5. The summed E-state index contributed by atoms with van der Waals surface area (Å²) in [5.74, 6) is -4.56. The van der Waals surface area contributed by atoms with Crippen molar-refractivity contribution in [3.05, 3.63) is 46.2 Å². The number of Topliss-reactive ketones (excluding diaryl/α,β-unsaturated/α-hetero) is 1. The second kappa shape index (κ2) is 6.41. The topological polar surface area (TPSA) is 168 Å². The third-order valence-electron chi connectivity index (χ3n) is 6.51. The number of hydrogen-bond acceptors (Lipinski definition) is 8. The van der Waals surface area contributed by atoms with E-state index in [2.05, 4.69) is 0 Å². The van der Waals surface area contributed by atoms with Crippen LogP contribution in [0.1, 0.15) is 17.5 Å². The number of carbonyl (C=O) groups excluding carboxylic acids is 2. The number of phenols is 1. The van der Waals surface area contributed by atoms with Crippen molar-refractivity contribution in [1.82, 2.24) is 4.90 Å². The molecular weight excluding hydrogens is 390 g/mol. The summed E-state index contributed by atoms with van der Waals surface area (Å²) < 4.78 is 0. The van der Waals surface area contributed by atoms with Crippen LogP contribution in [0.3, 0.4) is 0 Å². The number of hydrogen-bond donors (Lipinski definition) is 6. The Bertz CT molecular complexity index is 1070. The minimum absolute atomic E-state index is 0.0878. The lowest BCUT2D eigenvalue weighted by Gasteiger charge is -2.51. The third kappa shape index (κ3) is 2.39. The Labute approximate surface area is 172 Å². The zero-order valence-electron chi connectivity index (χ0n) is 16.5. The van der Waals surface area contributed by atoms with Crippen LogP contribution >= 0.6 is 0 Å². The van der Waals surface area contributed by atoms with Crippen LogP contribution in [-0.4, -0.2) is 68.5 Å². The quantitative estimate of drug-likeness (QED) is 0.408. The number of phenolic OH excluding ortho intramolecular Hbond substituents is 1. The first kappa shape index (κ1) is 20.1. The molecule has 7 N–H and O–H groups in total. The van der Waals surface area contributed by atoms with E-state index in [1.54, 1.807) is 31.1 Å². The standard InChI is InChI=1S/C21H23N3O6/c1-24(2)15-10-7-9-6-8-4-3-5-11(25)12(8)16(26)13(9)19(28)21(10,30)18(22)14(17(15)27)20(23)29/h3-5,9-10,15,22,25-27,30H,6-7H2,1-2H3,(H2,23,29)/t9-,10-,15-,21+/m0/s1. The zero-order chi connectivity index (χ0) is 22.1. The summed E-state index contributed by atoms with van der Waals surface area (Å²) >= 11 is 0. The van der Waals surface area contributed by atoms with Crippen LogP contribution in [0.2, 0.25) is 0 Å². The summed E-state index contributed by atoms with van der Waals surface area (Å²) in [5.41, 5.74) is 2.21. The average Bonchev–Trinajstić information content (AvgIpc) is 2.64. The second-order valence-electron chi connectivity index (χ2n) is 8.32. The van der Waals surface area contributed by atoms with Crippen molar-refractivity contribution in [2.24, 2.45) is 17.6 Å². The summed E-state index contributed by atoms with van der Waals surface area (Å²) in [6.07, 6.45) is 0.500. The molecule has 9 heteroatoms. The number of amides is 1. The fourth-order valence-electron chi connectivity index (χ4n) is 5.24. The molecule has 4 atom stereocenters. The fourth-order valence-corrected chi connectivity index (χ4v) is 5.24. The van der Waals surface area contributed by atoms with E-state index in [4.69, 9.17) is 11.1 Å². The number of aliphatic hydroxyl groups is 3. The predicted octanol–water partition coefficient (Wildman–Crippen LogP) is 0.415. The molecule has 1 amide bonds. The van der Waals surface area contributed by atoms with Gasteiger partial charge in [0.25, 0.3) is 5.91 Å². The van der Waals surface area contributed by atoms with E-state index in [-0.39, 0.29) is 23.3 Å². The lowest BCUT2D eigenvalue weighted by atomic mass is 9.57. The minimum Gasteiger partial charge on any atom is -0.510 e. The van der Waals surface area contributed by atoms with Crippen LogP contribution in [0, 0.1) is 17.2 Å². The highest BCUT2D eigenvalue weighted by atomic mass is 16.3. The number of rotatable bonds is 2. The molecule has 0 aromatic heterocycles. The highest BCUT2D eigenvalue weighted by Crippen LogP contribution is 2.51. The van der Waals surface area contributed by atoms with Crippen molar-refractivity contribution in [1.29, 1.82) is 5.41 Å². The van der Waals surface area contributed by atoms with Gasteiger partial charge in [-0.25, -0.2) is 0 Å². The fraction of sp³-hybridized carbons (Fsp3) is 0.381. The third-order valence-corrected chi connectivity index (χ3v) is 6.51. The van der Waals surface area contributed by atoms with Crippen molar-refractivity contribution in [2.45, 2.75) is 24.5 Å². The van der Waals surface area contributed by atoms with Gasteiger partial charge in [-0.3, -0.25) is 14.5 Å². The normalized spacial score (nSPS) is 30.9. The summed E-state index contributed by atoms with van der Waals surface area (Å²) in [6.45, 7) is 0. The molecule has 1 saturated carbocycles. The van der Waals surface area contributed by atoms with Crippen LogP contribution in [0.25, 0.3) is 5.76 Å². The van der Waals surface area contributed by atoms with Gasteiger partial charge in [0.05, 0.1) is 17.3 Å². The molecule has 0 spiro atoms. The van der Waals surface area contributed by atoms with E-state index in [0.717, 1.165) is 0 Å². The van der Waals surface area contributed by atoms with E-state index in [1.807, 2.05) is 0 Å². The molecule has 30 heavy (non-hydrogen) atoms. The van der Waals surface area contributed by atoms with E-state index < -0.39 is 58.0 Å². The maximum atomic E-state index is 13.5. The van der Waals surface area contributed by atoms with Gasteiger partial charge in [-0.1, -0.05) is 12.1 Å². The lowest BCUT2D eigenvalue weighted by molar-refractivity contribution is -0.138. The number of fused-ring (bicyclic) bond motifs is 3. The molecular formula is C21H23N3O6. The van der Waals surface area contributed by atoms with E-state index in [0.29, 0.717) is 12.0 Å². The van der Waals surface area contributed by atoms with Crippen molar-refractivity contribution in [3.8, 4) is 5.75 Å². The number of ketones is 1. The summed E-state index contributed by atoms with van der Waals surface area (Å²) in [7, 11) is 3.24. The number of carbonyl (C=O) groups is 2. The number of nitrogens with two attached hydrogens (primary N) is 1. The molecule has 0 saturated heterocycles. The van der Waals surface area contributed by atoms with Gasteiger partial charge in [0, 0.05) is 11.5 Å². The first-order valence-electron chi connectivity index (χ1n) is 9.52. The lowest BCUT2D eigenvalue weighted by Crippen LogP contribution is -2.67. The van der Waals surface area contributed by atoms with Gasteiger partial charge in [-0.05, 0) is 44.5 Å². The van der Waals surface area contributed by atoms with Crippen LogP contribution in [-0.2, 0) is 16.0 Å². The number of primary amides is 1. The van der Waals surface area contributed by atoms with E-state index in [1.165, 1.54) is 6.07 Å². The number of nitrogens with one attached hydrogen (secondary N) is 1. The van der Waals surface area contributed by atoms with Crippen LogP contribution in [0.4, 0.5) is 0 Å². The van der Waals surface area contributed by atoms with Crippen molar-refractivity contribution in [3.63, 3.8) is 0 Å². The first-order valence-corrected chi connectivity index (χ1v) is 9.52. The Kier molecular flexibility index (Phi) is 4.30. The number of aliphatic hydroxyl groups excluding tert-OH is 2. The molecule has 0 radical (unpaired) electrons. The Morgan fingerprint density at radius 1 is 1.27 bits per heavy atom. The largest absolute Gasteiger partial charge is 0.510 e. The Morgan fingerprint density at radius 3 is 2.53 bits per heavy atom. The predicted molar refractivity (Wildman–Crippen MR) is 107 cm³/mol. The van der Waals surface area contributed by atoms with Crippen LogP contribution < -0.4 is 5.73 Å². The summed E-state index contributed by atoms with van der Waals surface area (Å²) in [4.78, 5) is 27.0. The maximum absolute atomic E-state index is 13.5. The molecule has 3 aliphatic carbocycles. The van der Waals surface area contributed by atoms with E-state index >= 15 is 0 Å². The molecule has 3 aliphatic rings. The summed E-state index contributed by atoms with van der Waals surface area (Å²) in [6, 6.07) is 3.84. The Morgan fingerprint density at radius 2 is 1.93 bits per heavy atom. The number of benzene rings is 1. The van der Waals surface area contributed by atoms with Crippen molar-refractivity contribution in [2.75, 3.05) is 14.1 Å². The Balaban J connectivity index is 1.96. The van der Waals surface area contributed by atoms with Gasteiger partial charge in [-0.2, -0.15) is 0 Å². The van der Waals surface area contributed by atoms with Crippen molar-refractivity contribution >= 4 is 23.2 Å². The van der Waals surface area contributed by atoms with Gasteiger partial charge in [0.1, 0.15) is 22.8 Å². The molecule has 0 heterocycles. The molecule has 0 aliphatic heterocycles. The summed E-state index contributed by atoms with van der Waals surface area (Å²) in [5, 5.41) is 51.6. The van der Waals surface area contributed by atoms with Gasteiger partial charge in [-0.15, -0.1) is 0 Å². The van der Waals surface area contributed by atoms with Gasteiger partial charge < -0.3 is 31.6 Å². The smallest absolute Gasteiger partial charge is 0.254 e. The van der Waals surface area contributed by atoms with E-state index in [9.17, 15) is 30.0 Å². The molecule has 1 aromatic rings. The van der Waals surface area contributed by atoms with Crippen LogP contribution in [0.5, 0.6) is 5.75 Å². The minimum atomic E-state index is -2.45. The molecule has 4 rings (SSSR count). The highest BCUT2D eigenvalue weighted by Gasteiger charge is 2.63. The molecule has 1 aromatic carbocycles. The molecule has 0 unspecified atom stereocenters. The SMILES string of the molecule is CN(C)[C@@H]1C(O)=C(C(N)=O)C(=N)[C@@]2(O)C(=O)C3=C(O)c4c(O)cccc4C[C@H]3C[C@@H]12. The monoisotopic (exact) mass is 413 g/mol. The van der Waals surface area contributed by atoms with Gasteiger partial charge in [0.2, 0.25) is 5.78 Å². The average molecular weight is 413 g/mol. The Hall–Kier alpha value is -3.17.